The van der Waals surface area contributed by atoms with E-state index in [0.29, 0.717) is 24.5 Å². The predicted molar refractivity (Wildman–Crippen MR) is 130 cm³/mol. The van der Waals surface area contributed by atoms with Crippen molar-refractivity contribution in [2.45, 2.75) is 4.90 Å². The molecule has 1 amide bonds. The molecule has 1 aromatic heterocycles. The fraction of sp³-hybridized carbons (Fsp3) is 0.167. The second-order valence-electron chi connectivity index (χ2n) is 7.77. The average Bonchev–Trinajstić information content (AvgIpc) is 3.30. The summed E-state index contributed by atoms with van der Waals surface area (Å²) < 4.78 is 34.6. The quantitative estimate of drug-likeness (QED) is 0.451. The van der Waals surface area contributed by atoms with Gasteiger partial charge in [-0.25, -0.2) is 13.4 Å². The number of nitrogens with zero attached hydrogens (tertiary/aromatic N) is 3. The molecule has 0 spiro atoms. The van der Waals surface area contributed by atoms with Gasteiger partial charge < -0.3 is 10.1 Å². The first-order chi connectivity index (χ1) is 16.4. The van der Waals surface area contributed by atoms with E-state index in [4.69, 9.17) is 16.3 Å². The minimum atomic E-state index is -3.80. The third kappa shape index (κ3) is 4.30. The van der Waals surface area contributed by atoms with E-state index in [1.807, 2.05) is 41.0 Å². The van der Waals surface area contributed by atoms with Crippen molar-refractivity contribution in [1.82, 2.24) is 13.9 Å². The van der Waals surface area contributed by atoms with Crippen LogP contribution < -0.4 is 5.32 Å². The second-order valence-corrected chi connectivity index (χ2v) is 10.1. The highest BCUT2D eigenvalue weighted by molar-refractivity contribution is 7.89. The molecule has 1 N–H and O–H groups in total. The highest BCUT2D eigenvalue weighted by atomic mass is 35.5. The van der Waals surface area contributed by atoms with Gasteiger partial charge in [0, 0.05) is 30.0 Å². The lowest BCUT2D eigenvalue weighted by atomic mass is 10.2. The normalized spacial score (nSPS) is 14.9. The van der Waals surface area contributed by atoms with Gasteiger partial charge in [0.2, 0.25) is 10.0 Å². The van der Waals surface area contributed by atoms with Crippen LogP contribution in [-0.4, -0.2) is 54.5 Å². The van der Waals surface area contributed by atoms with Crippen molar-refractivity contribution < 1.29 is 17.9 Å². The van der Waals surface area contributed by atoms with Gasteiger partial charge in [-0.3, -0.25) is 9.36 Å². The predicted octanol–water partition coefficient (Wildman–Crippen LogP) is 3.95. The van der Waals surface area contributed by atoms with E-state index in [9.17, 15) is 13.2 Å². The number of halogens is 1. The first kappa shape index (κ1) is 22.5. The summed E-state index contributed by atoms with van der Waals surface area (Å²) in [5.74, 6) is -0.362. The van der Waals surface area contributed by atoms with Crippen molar-refractivity contribution >= 4 is 44.3 Å². The van der Waals surface area contributed by atoms with Gasteiger partial charge in [-0.05, 0) is 54.6 Å². The summed E-state index contributed by atoms with van der Waals surface area (Å²) in [5, 5.41) is 2.86. The Morgan fingerprint density at radius 1 is 1.00 bits per heavy atom. The Morgan fingerprint density at radius 2 is 1.74 bits per heavy atom. The van der Waals surface area contributed by atoms with Crippen molar-refractivity contribution in [3.63, 3.8) is 0 Å². The molecule has 0 atom stereocenters. The third-order valence-corrected chi connectivity index (χ3v) is 8.02. The molecule has 4 aromatic rings. The first-order valence-electron chi connectivity index (χ1n) is 10.6. The molecule has 1 fully saturated rings. The van der Waals surface area contributed by atoms with Gasteiger partial charge in [0.15, 0.2) is 0 Å². The molecule has 8 nitrogen and oxygen atoms in total. The molecule has 10 heteroatoms. The number of imidazole rings is 1. The van der Waals surface area contributed by atoms with Crippen molar-refractivity contribution in [3.8, 4) is 5.69 Å². The molecule has 0 radical (unpaired) electrons. The van der Waals surface area contributed by atoms with Gasteiger partial charge in [-0.2, -0.15) is 4.31 Å². The zero-order chi connectivity index (χ0) is 23.7. The Bertz CT molecular complexity index is 1460. The zero-order valence-electron chi connectivity index (χ0n) is 18.0. The van der Waals surface area contributed by atoms with Gasteiger partial charge in [0.05, 0.1) is 29.3 Å². The number of sulfonamides is 1. The Labute approximate surface area is 201 Å². The van der Waals surface area contributed by atoms with Gasteiger partial charge in [0.25, 0.3) is 5.91 Å². The van der Waals surface area contributed by atoms with E-state index in [0.717, 1.165) is 16.7 Å². The third-order valence-electron chi connectivity index (χ3n) is 5.64. The Balaban J connectivity index is 1.36. The summed E-state index contributed by atoms with van der Waals surface area (Å²) >= 11 is 6.20. The average molecular weight is 497 g/mol. The molecule has 0 bridgehead atoms. The molecular formula is C24H21ClN4O4S. The summed E-state index contributed by atoms with van der Waals surface area (Å²) in [6.45, 7) is 1.18. The fourth-order valence-electron chi connectivity index (χ4n) is 3.85. The Morgan fingerprint density at radius 3 is 2.50 bits per heavy atom. The molecule has 3 aromatic carbocycles. The molecule has 5 rings (SSSR count). The SMILES string of the molecule is O=C(Nc1ccc(Cl)c(S(=O)(=O)N2CCOCC2)c1)c1ccc(-n2cnc3ccccc32)cc1. The van der Waals surface area contributed by atoms with Crippen LogP contribution in [-0.2, 0) is 14.8 Å². The smallest absolute Gasteiger partial charge is 0.255 e. The monoisotopic (exact) mass is 496 g/mol. The number of fused-ring (bicyclic) bond motifs is 1. The maximum Gasteiger partial charge on any atom is 0.255 e. The second kappa shape index (κ2) is 9.19. The number of morpholine rings is 1. The standard InChI is InChI=1S/C24H21ClN4O4S/c25-20-10-7-18(15-23(20)34(31,32)28-11-13-33-14-12-28)27-24(30)17-5-8-19(9-6-17)29-16-26-21-3-1-2-4-22(21)29/h1-10,15-16H,11-14H2,(H,27,30). The summed E-state index contributed by atoms with van der Waals surface area (Å²) in [5.41, 5.74) is 3.49. The number of carbonyl (C=O) groups is 1. The van der Waals surface area contributed by atoms with Crippen molar-refractivity contribution in [3.05, 3.63) is 83.6 Å². The lowest BCUT2D eigenvalue weighted by Crippen LogP contribution is -2.40. The lowest BCUT2D eigenvalue weighted by molar-refractivity contribution is 0.0730. The number of benzene rings is 3. The van der Waals surface area contributed by atoms with Crippen LogP contribution in [0.15, 0.2) is 78.0 Å². The number of hydrogen-bond donors (Lipinski definition) is 1. The van der Waals surface area contributed by atoms with Crippen LogP contribution >= 0.6 is 11.6 Å². The Kier molecular flexibility index (Phi) is 6.09. The lowest BCUT2D eigenvalue weighted by Gasteiger charge is -2.26. The van der Waals surface area contributed by atoms with Crippen LogP contribution in [0.5, 0.6) is 0 Å². The molecule has 0 unspecified atom stereocenters. The number of amides is 1. The number of carbonyl (C=O) groups excluding carboxylic acids is 1. The van der Waals surface area contributed by atoms with Crippen LogP contribution in [0.25, 0.3) is 16.7 Å². The van der Waals surface area contributed by atoms with Gasteiger partial charge in [-0.1, -0.05) is 23.7 Å². The van der Waals surface area contributed by atoms with E-state index in [-0.39, 0.29) is 28.9 Å². The maximum absolute atomic E-state index is 13.0. The van der Waals surface area contributed by atoms with Crippen molar-refractivity contribution in [2.24, 2.45) is 0 Å². The highest BCUT2D eigenvalue weighted by Gasteiger charge is 2.28. The number of anilines is 1. The van der Waals surface area contributed by atoms with Crippen LogP contribution in [0.1, 0.15) is 10.4 Å². The number of nitrogens with one attached hydrogen (secondary N) is 1. The number of hydrogen-bond acceptors (Lipinski definition) is 5. The van der Waals surface area contributed by atoms with Crippen molar-refractivity contribution in [1.29, 1.82) is 0 Å². The van der Waals surface area contributed by atoms with Crippen LogP contribution in [0.2, 0.25) is 5.02 Å². The van der Waals surface area contributed by atoms with E-state index in [2.05, 4.69) is 10.3 Å². The summed E-state index contributed by atoms with van der Waals surface area (Å²) in [4.78, 5) is 17.2. The maximum atomic E-state index is 13.0. The zero-order valence-corrected chi connectivity index (χ0v) is 19.6. The van der Waals surface area contributed by atoms with Crippen LogP contribution in [0.4, 0.5) is 5.69 Å². The molecule has 1 aliphatic heterocycles. The van der Waals surface area contributed by atoms with Crippen molar-refractivity contribution in [2.75, 3.05) is 31.6 Å². The number of aromatic nitrogens is 2. The van der Waals surface area contributed by atoms with Gasteiger partial charge in [-0.15, -0.1) is 0 Å². The molecule has 0 saturated carbocycles. The molecule has 1 saturated heterocycles. The molecule has 2 heterocycles. The largest absolute Gasteiger partial charge is 0.379 e. The molecule has 1 aliphatic rings. The van der Waals surface area contributed by atoms with E-state index < -0.39 is 10.0 Å². The van der Waals surface area contributed by atoms with Crippen LogP contribution in [0.3, 0.4) is 0 Å². The Hall–Kier alpha value is -3.24. The summed E-state index contributed by atoms with van der Waals surface area (Å²) in [6, 6.07) is 19.3. The van der Waals surface area contributed by atoms with E-state index in [1.54, 1.807) is 24.5 Å². The van der Waals surface area contributed by atoms with Gasteiger partial charge in [0.1, 0.15) is 11.2 Å². The molecule has 0 aliphatic carbocycles. The number of ether oxygens (including phenoxy) is 1. The van der Waals surface area contributed by atoms with Gasteiger partial charge >= 0.3 is 0 Å². The number of para-hydroxylation sites is 2. The fourth-order valence-corrected chi connectivity index (χ4v) is 5.75. The molecular weight excluding hydrogens is 476 g/mol. The molecule has 34 heavy (non-hydrogen) atoms. The molecule has 174 valence electrons. The highest BCUT2D eigenvalue weighted by Crippen LogP contribution is 2.28. The minimum Gasteiger partial charge on any atom is -0.379 e. The first-order valence-corrected chi connectivity index (χ1v) is 12.5. The summed E-state index contributed by atoms with van der Waals surface area (Å²) in [6.07, 6.45) is 1.74. The topological polar surface area (TPSA) is 93.5 Å². The van der Waals surface area contributed by atoms with E-state index >= 15 is 0 Å². The minimum absolute atomic E-state index is 0.0452. The van der Waals surface area contributed by atoms with Crippen LogP contribution in [0, 0.1) is 0 Å². The summed E-state index contributed by atoms with van der Waals surface area (Å²) in [7, 11) is -3.80. The van der Waals surface area contributed by atoms with E-state index in [1.165, 1.54) is 16.4 Å². The number of rotatable bonds is 5.